The summed E-state index contributed by atoms with van der Waals surface area (Å²) in [6.45, 7) is 0. The van der Waals surface area contributed by atoms with Crippen LogP contribution in [0.5, 0.6) is 0 Å². The van der Waals surface area contributed by atoms with Gasteiger partial charge < -0.3 is 0 Å². The predicted molar refractivity (Wildman–Crippen MR) is 42.3 cm³/mol. The van der Waals surface area contributed by atoms with Crippen molar-refractivity contribution < 1.29 is 13.7 Å². The van der Waals surface area contributed by atoms with Crippen molar-refractivity contribution in [1.29, 1.82) is 5.26 Å². The van der Waals surface area contributed by atoms with Gasteiger partial charge in [0.15, 0.2) is 5.82 Å². The number of benzene rings is 1. The van der Waals surface area contributed by atoms with Gasteiger partial charge in [-0.2, -0.15) is 9.65 Å². The molecule has 0 radical (unpaired) electrons. The van der Waals surface area contributed by atoms with Gasteiger partial charge in [-0.25, -0.2) is 4.39 Å². The minimum Gasteiger partial charge on any atom is -0.258 e. The summed E-state index contributed by atoms with van der Waals surface area (Å²) in [5.74, 6) is -2.86. The fourth-order valence-corrected chi connectivity index (χ4v) is 0.942. The molecule has 0 fully saturated rings. The minimum atomic E-state index is -1.53. The highest BCUT2D eigenvalue weighted by Gasteiger charge is 2.20. The van der Waals surface area contributed by atoms with Gasteiger partial charge in [0.05, 0.1) is 17.4 Å². The molecule has 1 aromatic rings. The van der Waals surface area contributed by atoms with E-state index < -0.39 is 22.2 Å². The summed E-state index contributed by atoms with van der Waals surface area (Å²) in [6.07, 6.45) is -0.319. The van der Waals surface area contributed by atoms with Crippen LogP contribution in [-0.2, 0) is 6.42 Å². The average Bonchev–Trinajstić information content (AvgIpc) is 2.13. The Labute approximate surface area is 77.5 Å². The highest BCUT2D eigenvalue weighted by atomic mass is 19.2. The van der Waals surface area contributed by atoms with Gasteiger partial charge >= 0.3 is 5.69 Å². The summed E-state index contributed by atoms with van der Waals surface area (Å²) in [7, 11) is 0. The van der Waals surface area contributed by atoms with E-state index in [0.717, 1.165) is 12.1 Å². The first-order valence-corrected chi connectivity index (χ1v) is 3.56. The summed E-state index contributed by atoms with van der Waals surface area (Å²) < 4.78 is 25.9. The molecule has 6 heteroatoms. The van der Waals surface area contributed by atoms with E-state index >= 15 is 0 Å². The third kappa shape index (κ3) is 1.66. The zero-order valence-corrected chi connectivity index (χ0v) is 6.83. The third-order valence-electron chi connectivity index (χ3n) is 1.61. The van der Waals surface area contributed by atoms with Crippen LogP contribution in [0, 0.1) is 33.1 Å². The molecular formula is C8H4F2N2O2. The lowest BCUT2D eigenvalue weighted by atomic mass is 10.1. The minimum absolute atomic E-state index is 0.185. The van der Waals surface area contributed by atoms with E-state index in [-0.39, 0.29) is 12.0 Å². The van der Waals surface area contributed by atoms with Crippen molar-refractivity contribution in [2.75, 3.05) is 0 Å². The molecule has 0 saturated carbocycles. The Balaban J connectivity index is 3.27. The number of nitro benzene ring substituents is 1. The number of nitrogens with zero attached hydrogens (tertiary/aromatic N) is 2. The Morgan fingerprint density at radius 1 is 1.43 bits per heavy atom. The molecule has 0 aliphatic carbocycles. The summed E-state index contributed by atoms with van der Waals surface area (Å²) in [5, 5.41) is 18.4. The Hall–Kier alpha value is -2.03. The van der Waals surface area contributed by atoms with E-state index in [4.69, 9.17) is 5.26 Å². The molecule has 0 heterocycles. The van der Waals surface area contributed by atoms with Gasteiger partial charge in [0.25, 0.3) is 0 Å². The zero-order chi connectivity index (χ0) is 10.7. The van der Waals surface area contributed by atoms with E-state index in [1.165, 1.54) is 0 Å². The Morgan fingerprint density at radius 2 is 2.07 bits per heavy atom. The SMILES string of the molecule is N#CCc1ccc([N+](=O)[O-])c(F)c1F. The number of hydrogen-bond acceptors (Lipinski definition) is 3. The highest BCUT2D eigenvalue weighted by molar-refractivity contribution is 5.37. The molecule has 0 amide bonds. The van der Waals surface area contributed by atoms with E-state index in [9.17, 15) is 18.9 Å². The number of halogens is 2. The van der Waals surface area contributed by atoms with E-state index in [1.807, 2.05) is 0 Å². The number of nitro groups is 1. The summed E-state index contributed by atoms with van der Waals surface area (Å²) in [5.41, 5.74) is -1.11. The lowest BCUT2D eigenvalue weighted by Crippen LogP contribution is -1.99. The molecule has 0 spiro atoms. The predicted octanol–water partition coefficient (Wildman–Crippen LogP) is 1.94. The quantitative estimate of drug-likeness (QED) is 0.538. The first kappa shape index (κ1) is 10.1. The van der Waals surface area contributed by atoms with Crippen molar-refractivity contribution in [2.24, 2.45) is 0 Å². The molecule has 1 aromatic carbocycles. The van der Waals surface area contributed by atoms with Gasteiger partial charge in [-0.15, -0.1) is 0 Å². The summed E-state index contributed by atoms with van der Waals surface area (Å²) in [6, 6.07) is 3.49. The van der Waals surface area contributed by atoms with Crippen molar-refractivity contribution in [3.8, 4) is 6.07 Å². The Bertz CT molecular complexity index is 426. The average molecular weight is 198 g/mol. The Morgan fingerprint density at radius 3 is 2.57 bits per heavy atom. The van der Waals surface area contributed by atoms with E-state index in [2.05, 4.69) is 0 Å². The standard InChI is InChI=1S/C8H4F2N2O2/c9-7-5(3-4-11)1-2-6(8(7)10)12(13)14/h1-2H,3H2. The molecule has 0 N–H and O–H groups in total. The molecule has 72 valence electrons. The van der Waals surface area contributed by atoms with Crippen LogP contribution in [0.1, 0.15) is 5.56 Å². The van der Waals surface area contributed by atoms with Gasteiger partial charge in [-0.3, -0.25) is 10.1 Å². The van der Waals surface area contributed by atoms with Crippen LogP contribution in [0.2, 0.25) is 0 Å². The van der Waals surface area contributed by atoms with Gasteiger partial charge in [0.1, 0.15) is 0 Å². The second kappa shape index (κ2) is 3.79. The molecule has 14 heavy (non-hydrogen) atoms. The lowest BCUT2D eigenvalue weighted by molar-refractivity contribution is -0.387. The second-order valence-corrected chi connectivity index (χ2v) is 2.46. The molecule has 1 rings (SSSR count). The molecule has 0 unspecified atom stereocenters. The fourth-order valence-electron chi connectivity index (χ4n) is 0.942. The van der Waals surface area contributed by atoms with Crippen molar-refractivity contribution >= 4 is 5.69 Å². The smallest absolute Gasteiger partial charge is 0.258 e. The maximum absolute atomic E-state index is 13.0. The van der Waals surface area contributed by atoms with Crippen LogP contribution in [0.4, 0.5) is 14.5 Å². The van der Waals surface area contributed by atoms with Crippen LogP contribution < -0.4 is 0 Å². The maximum atomic E-state index is 13.0. The van der Waals surface area contributed by atoms with Crippen LogP contribution >= 0.6 is 0 Å². The van der Waals surface area contributed by atoms with Crippen LogP contribution in [0.3, 0.4) is 0 Å². The molecule has 0 aromatic heterocycles. The van der Waals surface area contributed by atoms with Crippen LogP contribution in [0.25, 0.3) is 0 Å². The molecule has 0 bridgehead atoms. The van der Waals surface area contributed by atoms with Crippen molar-refractivity contribution in [1.82, 2.24) is 0 Å². The van der Waals surface area contributed by atoms with Gasteiger partial charge in [0.2, 0.25) is 5.82 Å². The monoisotopic (exact) mass is 198 g/mol. The molecule has 0 saturated heterocycles. The fraction of sp³-hybridized carbons (Fsp3) is 0.125. The zero-order valence-electron chi connectivity index (χ0n) is 6.83. The van der Waals surface area contributed by atoms with Crippen LogP contribution in [0.15, 0.2) is 12.1 Å². The first-order valence-electron chi connectivity index (χ1n) is 3.56. The molecule has 0 aliphatic heterocycles. The number of nitriles is 1. The normalized spacial score (nSPS) is 9.50. The summed E-state index contributed by atoms with van der Waals surface area (Å²) >= 11 is 0. The topological polar surface area (TPSA) is 66.9 Å². The van der Waals surface area contributed by atoms with Gasteiger partial charge in [-0.05, 0) is 6.07 Å². The molecule has 4 nitrogen and oxygen atoms in total. The summed E-state index contributed by atoms with van der Waals surface area (Å²) in [4.78, 5) is 9.16. The highest BCUT2D eigenvalue weighted by Crippen LogP contribution is 2.22. The van der Waals surface area contributed by atoms with E-state index in [1.54, 1.807) is 6.07 Å². The van der Waals surface area contributed by atoms with Crippen molar-refractivity contribution in [3.63, 3.8) is 0 Å². The third-order valence-corrected chi connectivity index (χ3v) is 1.61. The van der Waals surface area contributed by atoms with Crippen molar-refractivity contribution in [2.45, 2.75) is 6.42 Å². The maximum Gasteiger partial charge on any atom is 0.307 e. The first-order chi connectivity index (χ1) is 6.57. The number of rotatable bonds is 2. The molecular weight excluding hydrogens is 194 g/mol. The van der Waals surface area contributed by atoms with E-state index in [0.29, 0.717) is 0 Å². The molecule has 0 aliphatic rings. The number of hydrogen-bond donors (Lipinski definition) is 0. The largest absolute Gasteiger partial charge is 0.307 e. The Kier molecular flexibility index (Phi) is 2.72. The second-order valence-electron chi connectivity index (χ2n) is 2.46. The lowest BCUT2D eigenvalue weighted by Gasteiger charge is -1.99. The molecule has 0 atom stereocenters. The van der Waals surface area contributed by atoms with Crippen LogP contribution in [-0.4, -0.2) is 4.92 Å². The van der Waals surface area contributed by atoms with Gasteiger partial charge in [-0.1, -0.05) is 0 Å². The van der Waals surface area contributed by atoms with Gasteiger partial charge in [0, 0.05) is 11.6 Å². The van der Waals surface area contributed by atoms with Crippen molar-refractivity contribution in [3.05, 3.63) is 39.4 Å².